The SMILES string of the molecule is COc1nc(=O)n(C2OC(COC(=O)c3ccc(Cl)cc3)C(OC(=O)c3ccc(Cl)cc3)C2OC)cc1F. The van der Waals surface area contributed by atoms with Crippen molar-refractivity contribution in [1.82, 2.24) is 9.55 Å². The molecule has 200 valence electrons. The molecule has 4 unspecified atom stereocenters. The molecular weight excluding hydrogens is 546 g/mol. The van der Waals surface area contributed by atoms with Crippen molar-refractivity contribution in [1.29, 1.82) is 0 Å². The average Bonchev–Trinajstić information content (AvgIpc) is 3.25. The molecule has 1 aliphatic heterocycles. The van der Waals surface area contributed by atoms with Crippen molar-refractivity contribution >= 4 is 35.1 Å². The predicted molar refractivity (Wildman–Crippen MR) is 132 cm³/mol. The molecule has 4 rings (SSSR count). The molecule has 10 nitrogen and oxygen atoms in total. The third kappa shape index (κ3) is 5.97. The van der Waals surface area contributed by atoms with Crippen LogP contribution in [0.5, 0.6) is 5.88 Å². The summed E-state index contributed by atoms with van der Waals surface area (Å²) in [6.07, 6.45) is -3.84. The Balaban J connectivity index is 1.62. The summed E-state index contributed by atoms with van der Waals surface area (Å²) in [4.78, 5) is 41.6. The molecule has 0 bridgehead atoms. The molecule has 2 heterocycles. The number of esters is 2. The van der Waals surface area contributed by atoms with E-state index in [4.69, 9.17) is 46.9 Å². The van der Waals surface area contributed by atoms with Gasteiger partial charge < -0.3 is 23.7 Å². The highest BCUT2D eigenvalue weighted by atomic mass is 35.5. The number of rotatable bonds is 8. The quantitative estimate of drug-likeness (QED) is 0.376. The fraction of sp³-hybridized carbons (Fsp3) is 0.280. The minimum Gasteiger partial charge on any atom is -0.479 e. The second-order valence-electron chi connectivity index (χ2n) is 8.04. The lowest BCUT2D eigenvalue weighted by atomic mass is 10.1. The van der Waals surface area contributed by atoms with E-state index < -0.39 is 60.5 Å². The summed E-state index contributed by atoms with van der Waals surface area (Å²) in [5.41, 5.74) is -0.504. The van der Waals surface area contributed by atoms with E-state index in [1.807, 2.05) is 0 Å². The molecule has 4 atom stereocenters. The summed E-state index contributed by atoms with van der Waals surface area (Å²) >= 11 is 11.8. The zero-order valence-corrected chi connectivity index (χ0v) is 21.5. The number of hydrogen-bond donors (Lipinski definition) is 0. The van der Waals surface area contributed by atoms with E-state index in [9.17, 15) is 18.8 Å². The first-order chi connectivity index (χ1) is 18.2. The summed E-state index contributed by atoms with van der Waals surface area (Å²) in [5.74, 6) is -2.88. The van der Waals surface area contributed by atoms with Gasteiger partial charge >= 0.3 is 17.6 Å². The Labute approximate surface area is 225 Å². The van der Waals surface area contributed by atoms with Gasteiger partial charge in [0.05, 0.1) is 24.4 Å². The third-order valence-corrected chi connectivity index (χ3v) is 6.19. The molecule has 2 aromatic carbocycles. The highest BCUT2D eigenvalue weighted by Gasteiger charge is 2.49. The van der Waals surface area contributed by atoms with E-state index in [0.29, 0.717) is 10.0 Å². The summed E-state index contributed by atoms with van der Waals surface area (Å²) in [5, 5.41) is 0.854. The molecule has 1 saturated heterocycles. The summed E-state index contributed by atoms with van der Waals surface area (Å²) in [6, 6.07) is 11.9. The van der Waals surface area contributed by atoms with Crippen molar-refractivity contribution in [2.75, 3.05) is 20.8 Å². The molecule has 0 saturated carbocycles. The van der Waals surface area contributed by atoms with Gasteiger partial charge in [0.15, 0.2) is 12.3 Å². The van der Waals surface area contributed by atoms with Crippen LogP contribution in [0.15, 0.2) is 59.5 Å². The highest BCUT2D eigenvalue weighted by Crippen LogP contribution is 2.34. The van der Waals surface area contributed by atoms with Crippen molar-refractivity contribution < 1.29 is 37.7 Å². The molecule has 0 radical (unpaired) electrons. The van der Waals surface area contributed by atoms with Gasteiger partial charge in [-0.3, -0.25) is 4.57 Å². The van der Waals surface area contributed by atoms with Gasteiger partial charge in [0.25, 0.3) is 5.88 Å². The number of halogens is 3. The predicted octanol–water partition coefficient (Wildman–Crippen LogP) is 3.69. The van der Waals surface area contributed by atoms with Crippen molar-refractivity contribution in [2.24, 2.45) is 0 Å². The standard InChI is InChI=1S/C25H21Cl2FN2O8/c1-34-20-19(38-24(32)14-5-9-16(27)10-6-14)18(12-36-23(31)13-3-7-15(26)8-4-13)37-22(20)30-11-17(28)21(35-2)29-25(30)33/h3-11,18-20,22H,12H2,1-2H3. The Morgan fingerprint density at radius 1 is 0.974 bits per heavy atom. The first kappa shape index (κ1) is 27.5. The third-order valence-electron chi connectivity index (χ3n) is 5.68. The number of nitrogens with zero attached hydrogens (tertiary/aromatic N) is 2. The molecule has 0 spiro atoms. The maximum Gasteiger partial charge on any atom is 0.353 e. The van der Waals surface area contributed by atoms with Crippen molar-refractivity contribution in [3.63, 3.8) is 0 Å². The lowest BCUT2D eigenvalue weighted by molar-refractivity contribution is -0.0662. The van der Waals surface area contributed by atoms with Crippen molar-refractivity contribution in [3.05, 3.63) is 92.2 Å². The monoisotopic (exact) mass is 566 g/mol. The lowest BCUT2D eigenvalue weighted by Crippen LogP contribution is -2.41. The molecule has 1 aliphatic rings. The van der Waals surface area contributed by atoms with E-state index in [1.54, 1.807) is 0 Å². The molecular formula is C25H21Cl2FN2O8. The fourth-order valence-corrected chi connectivity index (χ4v) is 4.07. The van der Waals surface area contributed by atoms with E-state index >= 15 is 0 Å². The van der Waals surface area contributed by atoms with Crippen molar-refractivity contribution in [3.8, 4) is 5.88 Å². The Hall–Kier alpha value is -3.51. The number of ether oxygens (including phenoxy) is 5. The van der Waals surface area contributed by atoms with Crippen LogP contribution in [0.1, 0.15) is 26.9 Å². The Kier molecular flexibility index (Phi) is 8.62. The molecule has 13 heteroatoms. The maximum absolute atomic E-state index is 14.4. The first-order valence-electron chi connectivity index (χ1n) is 11.1. The van der Waals surface area contributed by atoms with Gasteiger partial charge in [-0.2, -0.15) is 9.37 Å². The maximum atomic E-state index is 14.4. The van der Waals surface area contributed by atoms with Gasteiger partial charge in [0.2, 0.25) is 5.82 Å². The van der Waals surface area contributed by atoms with Gasteiger partial charge in [-0.15, -0.1) is 0 Å². The van der Waals surface area contributed by atoms with E-state index in [1.165, 1.54) is 55.6 Å². The molecule has 0 amide bonds. The minimum atomic E-state index is -1.29. The average molecular weight is 567 g/mol. The number of carbonyl (C=O) groups is 2. The van der Waals surface area contributed by atoms with Crippen LogP contribution < -0.4 is 10.4 Å². The van der Waals surface area contributed by atoms with Crippen LogP contribution in [0.4, 0.5) is 4.39 Å². The van der Waals surface area contributed by atoms with Crippen molar-refractivity contribution in [2.45, 2.75) is 24.5 Å². The zero-order valence-electron chi connectivity index (χ0n) is 20.0. The second kappa shape index (κ2) is 11.9. The molecule has 3 aromatic rings. The van der Waals surface area contributed by atoms with Gasteiger partial charge in [0.1, 0.15) is 18.8 Å². The summed E-state index contributed by atoms with van der Waals surface area (Å²) in [6.45, 7) is -0.392. The Morgan fingerprint density at radius 2 is 1.55 bits per heavy atom. The lowest BCUT2D eigenvalue weighted by Gasteiger charge is -2.23. The number of benzene rings is 2. The topological polar surface area (TPSA) is 115 Å². The van der Waals surface area contributed by atoms with Crippen LogP contribution in [-0.2, 0) is 18.9 Å². The minimum absolute atomic E-state index is 0.180. The van der Waals surface area contributed by atoms with Gasteiger partial charge in [-0.05, 0) is 48.5 Å². The second-order valence-corrected chi connectivity index (χ2v) is 8.91. The Morgan fingerprint density at radius 3 is 2.11 bits per heavy atom. The Bertz CT molecular complexity index is 1370. The number of hydrogen-bond acceptors (Lipinski definition) is 9. The van der Waals surface area contributed by atoms with E-state index in [2.05, 4.69) is 4.98 Å². The van der Waals surface area contributed by atoms with Crippen LogP contribution in [0.25, 0.3) is 0 Å². The zero-order chi connectivity index (χ0) is 27.4. The molecule has 0 N–H and O–H groups in total. The van der Waals surface area contributed by atoms with Crippen LogP contribution >= 0.6 is 23.2 Å². The van der Waals surface area contributed by atoms with Gasteiger partial charge in [-0.25, -0.2) is 14.4 Å². The largest absolute Gasteiger partial charge is 0.479 e. The summed E-state index contributed by atoms with van der Waals surface area (Å²) < 4.78 is 42.5. The first-order valence-corrected chi connectivity index (χ1v) is 11.9. The normalized spacial score (nSPS) is 20.7. The molecule has 0 aliphatic carbocycles. The van der Waals surface area contributed by atoms with Gasteiger partial charge in [-0.1, -0.05) is 23.2 Å². The van der Waals surface area contributed by atoms with Gasteiger partial charge in [0, 0.05) is 17.2 Å². The van der Waals surface area contributed by atoms with Crippen LogP contribution in [-0.4, -0.2) is 60.6 Å². The fourth-order valence-electron chi connectivity index (χ4n) is 3.82. The van der Waals surface area contributed by atoms with Crippen LogP contribution in [0.2, 0.25) is 10.0 Å². The van der Waals surface area contributed by atoms with Crippen LogP contribution in [0, 0.1) is 5.82 Å². The summed E-state index contributed by atoms with van der Waals surface area (Å²) in [7, 11) is 2.46. The van der Waals surface area contributed by atoms with Crippen LogP contribution in [0.3, 0.4) is 0 Å². The molecule has 1 aromatic heterocycles. The van der Waals surface area contributed by atoms with E-state index in [-0.39, 0.29) is 11.1 Å². The molecule has 38 heavy (non-hydrogen) atoms. The highest BCUT2D eigenvalue weighted by molar-refractivity contribution is 6.31. The number of aromatic nitrogens is 2. The molecule has 1 fully saturated rings. The number of methoxy groups -OCH3 is 2. The number of carbonyl (C=O) groups excluding carboxylic acids is 2. The smallest absolute Gasteiger partial charge is 0.353 e. The van der Waals surface area contributed by atoms with E-state index in [0.717, 1.165) is 17.9 Å².